The Morgan fingerprint density at radius 2 is 1.89 bits per heavy atom. The van der Waals surface area contributed by atoms with E-state index in [1.165, 1.54) is 5.56 Å². The molecule has 1 aliphatic rings. The Hall–Kier alpha value is -0.860. The lowest BCUT2D eigenvalue weighted by molar-refractivity contribution is -0.0522. The Labute approximate surface area is 110 Å². The molecule has 1 fully saturated rings. The highest BCUT2D eigenvalue weighted by Gasteiger charge is 2.44. The van der Waals surface area contributed by atoms with Crippen molar-refractivity contribution in [1.82, 2.24) is 0 Å². The Balaban J connectivity index is 2.22. The number of aliphatic hydroxyl groups excluding tert-OH is 1. The molecule has 2 atom stereocenters. The molecule has 1 aromatic rings. The van der Waals surface area contributed by atoms with E-state index < -0.39 is 0 Å². The van der Waals surface area contributed by atoms with Crippen LogP contribution in [0.2, 0.25) is 0 Å². The van der Waals surface area contributed by atoms with Gasteiger partial charge in [0.1, 0.15) is 0 Å². The molecule has 0 bridgehead atoms. The van der Waals surface area contributed by atoms with Crippen LogP contribution < -0.4 is 0 Å². The molecule has 0 unspecified atom stereocenters. The summed E-state index contributed by atoms with van der Waals surface area (Å²) in [4.78, 5) is 0. The first-order valence-electron chi connectivity index (χ1n) is 7.08. The molecule has 0 amide bonds. The van der Waals surface area contributed by atoms with Gasteiger partial charge in [-0.05, 0) is 37.2 Å². The van der Waals surface area contributed by atoms with Crippen molar-refractivity contribution < 1.29 is 9.84 Å². The number of hydrogen-bond acceptors (Lipinski definition) is 2. The Morgan fingerprint density at radius 1 is 1.22 bits per heavy atom. The van der Waals surface area contributed by atoms with Crippen LogP contribution in [0.3, 0.4) is 0 Å². The molecule has 0 aromatic heterocycles. The molecule has 0 aliphatic carbocycles. The highest BCUT2D eigenvalue weighted by molar-refractivity contribution is 5.20. The molecule has 1 saturated heterocycles. The largest absolute Gasteiger partial charge is 0.396 e. The third-order valence-electron chi connectivity index (χ3n) is 4.36. The van der Waals surface area contributed by atoms with Gasteiger partial charge < -0.3 is 9.84 Å². The molecule has 100 valence electrons. The normalized spacial score (nSPS) is 26.4. The van der Waals surface area contributed by atoms with Crippen molar-refractivity contribution in [3.05, 3.63) is 35.9 Å². The van der Waals surface area contributed by atoms with Crippen molar-refractivity contribution >= 4 is 0 Å². The topological polar surface area (TPSA) is 29.5 Å². The van der Waals surface area contributed by atoms with Crippen LogP contribution in [0, 0.1) is 5.92 Å². The SMILES string of the molecule is CCC1(CC)C[C@@H](CCO)[C@H](c2ccccc2)O1. The molecule has 0 saturated carbocycles. The van der Waals surface area contributed by atoms with Crippen molar-refractivity contribution in [2.24, 2.45) is 5.92 Å². The quantitative estimate of drug-likeness (QED) is 0.861. The van der Waals surface area contributed by atoms with Gasteiger partial charge in [-0.25, -0.2) is 0 Å². The third kappa shape index (κ3) is 2.60. The first kappa shape index (κ1) is 13.6. The van der Waals surface area contributed by atoms with Crippen molar-refractivity contribution in [2.75, 3.05) is 6.61 Å². The second kappa shape index (κ2) is 5.85. The van der Waals surface area contributed by atoms with Gasteiger partial charge in [-0.15, -0.1) is 0 Å². The molecular weight excluding hydrogens is 224 g/mol. The second-order valence-corrected chi connectivity index (χ2v) is 5.32. The molecular formula is C16H24O2. The van der Waals surface area contributed by atoms with E-state index in [4.69, 9.17) is 4.74 Å². The smallest absolute Gasteiger partial charge is 0.0862 e. The molecule has 2 rings (SSSR count). The fourth-order valence-electron chi connectivity index (χ4n) is 3.11. The van der Waals surface area contributed by atoms with Crippen LogP contribution in [0.5, 0.6) is 0 Å². The zero-order chi connectivity index (χ0) is 13.0. The lowest BCUT2D eigenvalue weighted by atomic mass is 9.85. The summed E-state index contributed by atoms with van der Waals surface area (Å²) in [6.07, 6.45) is 4.16. The monoisotopic (exact) mass is 248 g/mol. The maximum Gasteiger partial charge on any atom is 0.0862 e. The van der Waals surface area contributed by atoms with Gasteiger partial charge >= 0.3 is 0 Å². The lowest BCUT2D eigenvalue weighted by Gasteiger charge is -2.26. The van der Waals surface area contributed by atoms with E-state index in [1.54, 1.807) is 0 Å². The number of rotatable bonds is 5. The molecule has 1 heterocycles. The zero-order valence-electron chi connectivity index (χ0n) is 11.4. The molecule has 2 heteroatoms. The predicted octanol–water partition coefficient (Wildman–Crippen LogP) is 3.71. The molecule has 2 nitrogen and oxygen atoms in total. The highest BCUT2D eigenvalue weighted by atomic mass is 16.5. The van der Waals surface area contributed by atoms with E-state index in [9.17, 15) is 5.11 Å². The Bertz CT molecular complexity index is 357. The predicted molar refractivity (Wildman–Crippen MR) is 73.4 cm³/mol. The van der Waals surface area contributed by atoms with E-state index in [-0.39, 0.29) is 18.3 Å². The molecule has 1 N–H and O–H groups in total. The average molecular weight is 248 g/mol. The van der Waals surface area contributed by atoms with Gasteiger partial charge in [-0.2, -0.15) is 0 Å². The van der Waals surface area contributed by atoms with Crippen LogP contribution in [-0.2, 0) is 4.74 Å². The lowest BCUT2D eigenvalue weighted by Crippen LogP contribution is -2.25. The molecule has 18 heavy (non-hydrogen) atoms. The van der Waals surface area contributed by atoms with E-state index in [2.05, 4.69) is 38.1 Å². The number of ether oxygens (including phenoxy) is 1. The van der Waals surface area contributed by atoms with Crippen LogP contribution in [-0.4, -0.2) is 17.3 Å². The van der Waals surface area contributed by atoms with Crippen LogP contribution in [0.25, 0.3) is 0 Å². The van der Waals surface area contributed by atoms with Crippen molar-refractivity contribution in [2.45, 2.75) is 51.2 Å². The van der Waals surface area contributed by atoms with E-state index in [1.807, 2.05) is 6.07 Å². The van der Waals surface area contributed by atoms with Gasteiger partial charge in [-0.3, -0.25) is 0 Å². The number of aliphatic hydroxyl groups is 1. The van der Waals surface area contributed by atoms with Crippen LogP contribution in [0.15, 0.2) is 30.3 Å². The van der Waals surface area contributed by atoms with Gasteiger partial charge in [0.15, 0.2) is 0 Å². The summed E-state index contributed by atoms with van der Waals surface area (Å²) >= 11 is 0. The fourth-order valence-corrected chi connectivity index (χ4v) is 3.11. The minimum Gasteiger partial charge on any atom is -0.396 e. The van der Waals surface area contributed by atoms with Crippen LogP contribution in [0.1, 0.15) is 51.2 Å². The van der Waals surface area contributed by atoms with Gasteiger partial charge in [0, 0.05) is 6.61 Å². The summed E-state index contributed by atoms with van der Waals surface area (Å²) in [7, 11) is 0. The first-order chi connectivity index (χ1) is 8.74. The van der Waals surface area contributed by atoms with Crippen molar-refractivity contribution in [1.29, 1.82) is 0 Å². The summed E-state index contributed by atoms with van der Waals surface area (Å²) in [5, 5.41) is 9.25. The zero-order valence-corrected chi connectivity index (χ0v) is 11.4. The average Bonchev–Trinajstić information content (AvgIpc) is 2.80. The number of hydrogen-bond donors (Lipinski definition) is 1. The van der Waals surface area contributed by atoms with E-state index >= 15 is 0 Å². The van der Waals surface area contributed by atoms with Gasteiger partial charge in [0.2, 0.25) is 0 Å². The Kier molecular flexibility index (Phi) is 4.41. The molecule has 1 aromatic carbocycles. The van der Waals surface area contributed by atoms with Gasteiger partial charge in [-0.1, -0.05) is 44.2 Å². The molecule has 1 aliphatic heterocycles. The standard InChI is InChI=1S/C16H24O2/c1-3-16(4-2)12-14(10-11-17)15(18-16)13-8-6-5-7-9-13/h5-9,14-15,17H,3-4,10-12H2,1-2H3/t14-,15+/m1/s1. The molecule has 0 radical (unpaired) electrons. The van der Waals surface area contributed by atoms with Crippen molar-refractivity contribution in [3.63, 3.8) is 0 Å². The maximum atomic E-state index is 9.25. The van der Waals surface area contributed by atoms with Gasteiger partial charge in [0.05, 0.1) is 11.7 Å². The minimum absolute atomic E-state index is 0.0142. The highest BCUT2D eigenvalue weighted by Crippen LogP contribution is 2.48. The minimum atomic E-state index is 0.0142. The third-order valence-corrected chi connectivity index (χ3v) is 4.36. The van der Waals surface area contributed by atoms with E-state index in [0.29, 0.717) is 5.92 Å². The maximum absolute atomic E-state index is 9.25. The summed E-state index contributed by atoms with van der Waals surface area (Å²) in [6, 6.07) is 10.4. The van der Waals surface area contributed by atoms with Crippen LogP contribution in [0.4, 0.5) is 0 Å². The molecule has 0 spiro atoms. The summed E-state index contributed by atoms with van der Waals surface area (Å²) in [5.41, 5.74) is 1.26. The van der Waals surface area contributed by atoms with Gasteiger partial charge in [0.25, 0.3) is 0 Å². The fraction of sp³-hybridized carbons (Fsp3) is 0.625. The summed E-state index contributed by atoms with van der Waals surface area (Å²) < 4.78 is 6.39. The summed E-state index contributed by atoms with van der Waals surface area (Å²) in [6.45, 7) is 4.65. The summed E-state index contributed by atoms with van der Waals surface area (Å²) in [5.74, 6) is 0.442. The van der Waals surface area contributed by atoms with Crippen molar-refractivity contribution in [3.8, 4) is 0 Å². The second-order valence-electron chi connectivity index (χ2n) is 5.32. The van der Waals surface area contributed by atoms with Crippen LogP contribution >= 0.6 is 0 Å². The Morgan fingerprint density at radius 3 is 2.44 bits per heavy atom. The van der Waals surface area contributed by atoms with E-state index in [0.717, 1.165) is 25.7 Å². The first-order valence-corrected chi connectivity index (χ1v) is 7.08. The number of benzene rings is 1.